The fourth-order valence-electron chi connectivity index (χ4n) is 1.65. The Morgan fingerprint density at radius 3 is 2.61 bits per heavy atom. The highest BCUT2D eigenvalue weighted by molar-refractivity contribution is 7.99. The van der Waals surface area contributed by atoms with Gasteiger partial charge < -0.3 is 10.5 Å². The van der Waals surface area contributed by atoms with Gasteiger partial charge in [0.1, 0.15) is 16.6 Å². The lowest BCUT2D eigenvalue weighted by atomic mass is 10.3. The molecule has 0 bridgehead atoms. The largest absolute Gasteiger partial charge is 0.494 e. The normalized spacial score (nSPS) is 10.6. The second-order valence-electron chi connectivity index (χ2n) is 3.68. The van der Waals surface area contributed by atoms with E-state index in [-0.39, 0.29) is 0 Å². The summed E-state index contributed by atoms with van der Waals surface area (Å²) in [5.74, 6) is 2.49. The first kappa shape index (κ1) is 12.8. The molecule has 1 aromatic carbocycles. The Morgan fingerprint density at radius 1 is 1.28 bits per heavy atom. The van der Waals surface area contributed by atoms with Crippen LogP contribution in [0, 0.1) is 0 Å². The molecule has 5 heteroatoms. The molecule has 1 aromatic heterocycles. The van der Waals surface area contributed by atoms with Crippen LogP contribution in [0.5, 0.6) is 5.75 Å². The fraction of sp³-hybridized carbons (Fsp3) is 0.308. The van der Waals surface area contributed by atoms with Gasteiger partial charge in [-0.15, -0.1) is 11.8 Å². The van der Waals surface area contributed by atoms with Gasteiger partial charge in [0.05, 0.1) is 12.3 Å². The number of nitrogen functional groups attached to an aromatic ring is 1. The van der Waals surface area contributed by atoms with E-state index in [9.17, 15) is 0 Å². The summed E-state index contributed by atoms with van der Waals surface area (Å²) >= 11 is 1.68. The number of anilines is 1. The predicted octanol–water partition coefficient (Wildman–Crippen LogP) is 2.97. The Hall–Kier alpha value is -1.62. The van der Waals surface area contributed by atoms with Gasteiger partial charge in [0.15, 0.2) is 0 Å². The lowest BCUT2D eigenvalue weighted by molar-refractivity contribution is 0.340. The molecular formula is C13H17N3OS. The van der Waals surface area contributed by atoms with E-state index >= 15 is 0 Å². The van der Waals surface area contributed by atoms with Crippen LogP contribution in [0.15, 0.2) is 35.4 Å². The van der Waals surface area contributed by atoms with Gasteiger partial charge in [-0.25, -0.2) is 4.68 Å². The zero-order valence-electron chi connectivity index (χ0n) is 10.6. The summed E-state index contributed by atoms with van der Waals surface area (Å²) in [6.45, 7) is 4.73. The topological polar surface area (TPSA) is 53.1 Å². The van der Waals surface area contributed by atoms with E-state index in [0.29, 0.717) is 12.4 Å². The third kappa shape index (κ3) is 2.79. The molecule has 18 heavy (non-hydrogen) atoms. The second-order valence-corrected chi connectivity index (χ2v) is 4.96. The zero-order chi connectivity index (χ0) is 13.0. The average Bonchev–Trinajstić information content (AvgIpc) is 2.72. The van der Waals surface area contributed by atoms with Gasteiger partial charge in [-0.1, -0.05) is 6.92 Å². The Bertz CT molecular complexity index is 507. The maximum absolute atomic E-state index is 5.96. The summed E-state index contributed by atoms with van der Waals surface area (Å²) in [6.07, 6.45) is 0. The second kappa shape index (κ2) is 5.82. The smallest absolute Gasteiger partial charge is 0.128 e. The predicted molar refractivity (Wildman–Crippen MR) is 75.5 cm³/mol. The minimum Gasteiger partial charge on any atom is -0.494 e. The van der Waals surface area contributed by atoms with Crippen molar-refractivity contribution in [1.29, 1.82) is 0 Å². The molecule has 0 aliphatic heterocycles. The van der Waals surface area contributed by atoms with Gasteiger partial charge in [0.25, 0.3) is 0 Å². The van der Waals surface area contributed by atoms with Crippen LogP contribution >= 0.6 is 11.8 Å². The quantitative estimate of drug-likeness (QED) is 0.843. The molecular weight excluding hydrogens is 246 g/mol. The van der Waals surface area contributed by atoms with Crippen molar-refractivity contribution in [1.82, 2.24) is 9.78 Å². The number of rotatable bonds is 5. The summed E-state index contributed by atoms with van der Waals surface area (Å²) in [6, 6.07) is 9.65. The summed E-state index contributed by atoms with van der Waals surface area (Å²) < 4.78 is 7.15. The fourth-order valence-corrected chi connectivity index (χ4v) is 2.29. The van der Waals surface area contributed by atoms with E-state index < -0.39 is 0 Å². The van der Waals surface area contributed by atoms with Crippen molar-refractivity contribution in [2.24, 2.45) is 0 Å². The molecule has 0 aliphatic rings. The number of hydrogen-bond donors (Lipinski definition) is 1. The van der Waals surface area contributed by atoms with Gasteiger partial charge in [-0.05, 0) is 36.9 Å². The van der Waals surface area contributed by atoms with E-state index in [1.165, 1.54) is 0 Å². The number of ether oxygens (including phenoxy) is 1. The highest BCUT2D eigenvalue weighted by Gasteiger charge is 2.06. The van der Waals surface area contributed by atoms with Crippen LogP contribution in [0.4, 0.5) is 5.82 Å². The Balaban J connectivity index is 2.24. The molecule has 0 spiro atoms. The number of benzene rings is 1. The molecule has 2 aromatic rings. The van der Waals surface area contributed by atoms with Crippen molar-refractivity contribution in [2.45, 2.75) is 18.9 Å². The Kier molecular flexibility index (Phi) is 4.15. The first-order valence-corrected chi connectivity index (χ1v) is 6.94. The maximum atomic E-state index is 5.96. The van der Waals surface area contributed by atoms with E-state index in [0.717, 1.165) is 22.2 Å². The van der Waals surface area contributed by atoms with Gasteiger partial charge in [0.2, 0.25) is 0 Å². The van der Waals surface area contributed by atoms with Gasteiger partial charge >= 0.3 is 0 Å². The lowest BCUT2D eigenvalue weighted by Crippen LogP contribution is -2.01. The summed E-state index contributed by atoms with van der Waals surface area (Å²) in [4.78, 5) is 0. The van der Waals surface area contributed by atoms with E-state index in [1.807, 2.05) is 37.3 Å². The molecule has 0 fully saturated rings. The summed E-state index contributed by atoms with van der Waals surface area (Å²) in [5, 5.41) is 5.41. The van der Waals surface area contributed by atoms with Crippen molar-refractivity contribution < 1.29 is 4.74 Å². The third-order valence-electron chi connectivity index (χ3n) is 2.40. The van der Waals surface area contributed by atoms with Crippen molar-refractivity contribution in [3.05, 3.63) is 30.3 Å². The van der Waals surface area contributed by atoms with Gasteiger partial charge in [-0.3, -0.25) is 0 Å². The molecule has 0 saturated heterocycles. The summed E-state index contributed by atoms with van der Waals surface area (Å²) in [7, 11) is 0. The van der Waals surface area contributed by atoms with Gasteiger partial charge in [0, 0.05) is 6.07 Å². The van der Waals surface area contributed by atoms with Gasteiger partial charge in [-0.2, -0.15) is 5.10 Å². The number of nitrogens with zero attached hydrogens (tertiary/aromatic N) is 2. The molecule has 4 nitrogen and oxygen atoms in total. The van der Waals surface area contributed by atoms with E-state index in [2.05, 4.69) is 12.0 Å². The molecule has 0 saturated carbocycles. The molecule has 2 N–H and O–H groups in total. The standard InChI is InChI=1S/C13H17N3OS/c1-3-17-11-7-5-10(6-8-11)16-12(14)9-13(15-16)18-4-2/h5-9H,3-4,14H2,1-2H3. The first-order valence-electron chi connectivity index (χ1n) is 5.96. The highest BCUT2D eigenvalue weighted by Crippen LogP contribution is 2.23. The monoisotopic (exact) mass is 263 g/mol. The van der Waals surface area contributed by atoms with E-state index in [1.54, 1.807) is 16.4 Å². The Morgan fingerprint density at radius 2 is 2.00 bits per heavy atom. The van der Waals surface area contributed by atoms with E-state index in [4.69, 9.17) is 10.5 Å². The lowest BCUT2D eigenvalue weighted by Gasteiger charge is -2.06. The number of hydrogen-bond acceptors (Lipinski definition) is 4. The van der Waals surface area contributed by atoms with Crippen LogP contribution in [0.25, 0.3) is 5.69 Å². The van der Waals surface area contributed by atoms with Crippen LogP contribution in [-0.4, -0.2) is 22.1 Å². The van der Waals surface area contributed by atoms with Crippen molar-refractivity contribution in [2.75, 3.05) is 18.1 Å². The maximum Gasteiger partial charge on any atom is 0.128 e. The van der Waals surface area contributed by atoms with Crippen molar-refractivity contribution in [3.8, 4) is 11.4 Å². The summed E-state index contributed by atoms with van der Waals surface area (Å²) in [5.41, 5.74) is 6.90. The molecule has 0 amide bonds. The highest BCUT2D eigenvalue weighted by atomic mass is 32.2. The van der Waals surface area contributed by atoms with Crippen LogP contribution in [0.1, 0.15) is 13.8 Å². The Labute approximate surface area is 111 Å². The average molecular weight is 263 g/mol. The minimum atomic E-state index is 0.648. The number of nitrogens with two attached hydrogens (primary N) is 1. The van der Waals surface area contributed by atoms with Crippen molar-refractivity contribution >= 4 is 17.6 Å². The first-order chi connectivity index (χ1) is 8.74. The molecule has 0 unspecified atom stereocenters. The zero-order valence-corrected chi connectivity index (χ0v) is 11.4. The van der Waals surface area contributed by atoms with Crippen LogP contribution in [-0.2, 0) is 0 Å². The number of thioether (sulfide) groups is 1. The molecule has 0 aliphatic carbocycles. The van der Waals surface area contributed by atoms with Crippen LogP contribution in [0.2, 0.25) is 0 Å². The third-order valence-corrected chi connectivity index (χ3v) is 3.18. The minimum absolute atomic E-state index is 0.648. The van der Waals surface area contributed by atoms with Crippen LogP contribution in [0.3, 0.4) is 0 Å². The molecule has 0 atom stereocenters. The molecule has 96 valence electrons. The molecule has 1 heterocycles. The van der Waals surface area contributed by atoms with Crippen LogP contribution < -0.4 is 10.5 Å². The molecule has 2 rings (SSSR count). The SMILES string of the molecule is CCOc1ccc(-n2nc(SCC)cc2N)cc1. The number of aromatic nitrogens is 2. The molecule has 0 radical (unpaired) electrons. The van der Waals surface area contributed by atoms with Crippen molar-refractivity contribution in [3.63, 3.8) is 0 Å².